The number of rotatable bonds is 4. The maximum atomic E-state index is 12.6. The summed E-state index contributed by atoms with van der Waals surface area (Å²) in [6.07, 6.45) is -2.20. The summed E-state index contributed by atoms with van der Waals surface area (Å²) < 4.78 is 39.4. The predicted octanol–water partition coefficient (Wildman–Crippen LogP) is 4.45. The lowest BCUT2D eigenvalue weighted by Gasteiger charge is -2.08. The molecule has 0 bridgehead atoms. The lowest BCUT2D eigenvalue weighted by atomic mass is 10.2. The highest BCUT2D eigenvalue weighted by molar-refractivity contribution is 7.20. The zero-order valence-electron chi connectivity index (χ0n) is 14.6. The molecule has 0 unspecified atom stereocenters. The largest absolute Gasteiger partial charge is 0.416 e. The van der Waals surface area contributed by atoms with E-state index in [-0.39, 0.29) is 11.2 Å². The average Bonchev–Trinajstić information content (AvgIpc) is 2.95. The van der Waals surface area contributed by atoms with Crippen molar-refractivity contribution < 1.29 is 18.0 Å². The van der Waals surface area contributed by atoms with Crippen LogP contribution in [0.4, 0.5) is 18.9 Å². The fourth-order valence-electron chi connectivity index (χ4n) is 2.71. The Balaban J connectivity index is 1.91. The van der Waals surface area contributed by atoms with Crippen molar-refractivity contribution in [1.82, 2.24) is 9.55 Å². The highest BCUT2D eigenvalue weighted by Crippen LogP contribution is 2.31. The Morgan fingerprint density at radius 2 is 1.93 bits per heavy atom. The molecule has 0 radical (unpaired) electrons. The standard InChI is InChI=1S/C18H16F3N3O2S/c1-3-8-24-9-22-16-13(17(24)26)10(2)14(27-16)15(25)23-12-6-4-11(5-7-12)18(19,20)21/h4-7,9H,3,8H2,1-2H3,(H,23,25). The van der Waals surface area contributed by atoms with Crippen LogP contribution in [-0.4, -0.2) is 15.5 Å². The van der Waals surface area contributed by atoms with Gasteiger partial charge in [0, 0.05) is 12.2 Å². The van der Waals surface area contributed by atoms with E-state index in [0.29, 0.717) is 27.2 Å². The number of anilines is 1. The summed E-state index contributed by atoms with van der Waals surface area (Å²) in [6.45, 7) is 4.14. The van der Waals surface area contributed by atoms with Crippen molar-refractivity contribution in [2.45, 2.75) is 33.0 Å². The van der Waals surface area contributed by atoms with Gasteiger partial charge in [0.25, 0.3) is 11.5 Å². The molecule has 27 heavy (non-hydrogen) atoms. The number of aryl methyl sites for hydroxylation is 2. The molecule has 3 aromatic rings. The van der Waals surface area contributed by atoms with Crippen LogP contribution in [0.25, 0.3) is 10.2 Å². The van der Waals surface area contributed by atoms with Gasteiger partial charge in [-0.3, -0.25) is 14.2 Å². The molecular formula is C18H16F3N3O2S. The first-order valence-electron chi connectivity index (χ1n) is 8.19. The van der Waals surface area contributed by atoms with Crippen LogP contribution in [0, 0.1) is 6.92 Å². The predicted molar refractivity (Wildman–Crippen MR) is 98.3 cm³/mol. The highest BCUT2D eigenvalue weighted by atomic mass is 32.1. The quantitative estimate of drug-likeness (QED) is 0.710. The first kappa shape index (κ1) is 19.1. The van der Waals surface area contributed by atoms with Crippen molar-refractivity contribution in [2.24, 2.45) is 0 Å². The number of thiophene rings is 1. The summed E-state index contributed by atoms with van der Waals surface area (Å²) in [5.41, 5.74) is -0.244. The number of amides is 1. The fraction of sp³-hybridized carbons (Fsp3) is 0.278. The van der Waals surface area contributed by atoms with Gasteiger partial charge in [-0.15, -0.1) is 11.3 Å². The van der Waals surface area contributed by atoms with Gasteiger partial charge in [0.05, 0.1) is 22.2 Å². The number of fused-ring (bicyclic) bond motifs is 1. The van der Waals surface area contributed by atoms with Crippen molar-refractivity contribution >= 4 is 33.1 Å². The molecule has 1 amide bonds. The van der Waals surface area contributed by atoms with Crippen LogP contribution >= 0.6 is 11.3 Å². The van der Waals surface area contributed by atoms with Gasteiger partial charge >= 0.3 is 6.18 Å². The first-order chi connectivity index (χ1) is 12.7. The van der Waals surface area contributed by atoms with Crippen molar-refractivity contribution in [3.8, 4) is 0 Å². The molecule has 2 heterocycles. The van der Waals surface area contributed by atoms with Crippen LogP contribution in [0.2, 0.25) is 0 Å². The van der Waals surface area contributed by atoms with E-state index in [0.717, 1.165) is 29.9 Å². The number of hydrogen-bond acceptors (Lipinski definition) is 4. The molecule has 3 rings (SSSR count). The van der Waals surface area contributed by atoms with E-state index < -0.39 is 17.6 Å². The first-order valence-corrected chi connectivity index (χ1v) is 9.01. The van der Waals surface area contributed by atoms with Gasteiger partial charge in [-0.2, -0.15) is 13.2 Å². The average molecular weight is 395 g/mol. The van der Waals surface area contributed by atoms with E-state index in [1.807, 2.05) is 6.92 Å². The van der Waals surface area contributed by atoms with Crippen LogP contribution in [0.15, 0.2) is 35.4 Å². The van der Waals surface area contributed by atoms with Crippen LogP contribution < -0.4 is 10.9 Å². The van der Waals surface area contributed by atoms with Gasteiger partial charge in [-0.1, -0.05) is 6.92 Å². The van der Waals surface area contributed by atoms with E-state index >= 15 is 0 Å². The topological polar surface area (TPSA) is 64.0 Å². The molecule has 0 aliphatic rings. The van der Waals surface area contributed by atoms with Gasteiger partial charge in [-0.05, 0) is 43.2 Å². The Labute approximate surface area is 156 Å². The number of alkyl halides is 3. The molecule has 5 nitrogen and oxygen atoms in total. The maximum Gasteiger partial charge on any atom is 0.416 e. The Kier molecular flexibility index (Phi) is 5.05. The smallest absolute Gasteiger partial charge is 0.321 e. The molecule has 0 aliphatic carbocycles. The van der Waals surface area contributed by atoms with Gasteiger partial charge in [0.2, 0.25) is 0 Å². The summed E-state index contributed by atoms with van der Waals surface area (Å²) in [6, 6.07) is 4.18. The molecule has 9 heteroatoms. The number of carbonyl (C=O) groups is 1. The van der Waals surface area contributed by atoms with Crippen LogP contribution in [-0.2, 0) is 12.7 Å². The molecule has 0 saturated carbocycles. The van der Waals surface area contributed by atoms with E-state index in [9.17, 15) is 22.8 Å². The number of benzene rings is 1. The van der Waals surface area contributed by atoms with E-state index in [2.05, 4.69) is 10.3 Å². The Morgan fingerprint density at radius 3 is 2.52 bits per heavy atom. The third kappa shape index (κ3) is 3.73. The monoisotopic (exact) mass is 395 g/mol. The van der Waals surface area contributed by atoms with Crippen molar-refractivity contribution in [2.75, 3.05) is 5.32 Å². The number of hydrogen-bond donors (Lipinski definition) is 1. The molecule has 2 aromatic heterocycles. The summed E-state index contributed by atoms with van der Waals surface area (Å²) in [4.78, 5) is 30.1. The molecular weight excluding hydrogens is 379 g/mol. The second-order valence-electron chi connectivity index (χ2n) is 6.01. The molecule has 0 fully saturated rings. The SMILES string of the molecule is CCCn1cnc2sc(C(=O)Nc3ccc(C(F)(F)F)cc3)c(C)c2c1=O. The molecule has 1 N–H and O–H groups in total. The fourth-order valence-corrected chi connectivity index (χ4v) is 3.74. The van der Waals surface area contributed by atoms with E-state index in [1.54, 1.807) is 6.92 Å². The van der Waals surface area contributed by atoms with Crippen molar-refractivity contribution in [3.63, 3.8) is 0 Å². The van der Waals surface area contributed by atoms with Gasteiger partial charge in [0.1, 0.15) is 4.83 Å². The van der Waals surface area contributed by atoms with Crippen LogP contribution in [0.1, 0.15) is 34.1 Å². The minimum absolute atomic E-state index is 0.204. The van der Waals surface area contributed by atoms with Crippen molar-refractivity contribution in [1.29, 1.82) is 0 Å². The van der Waals surface area contributed by atoms with Gasteiger partial charge in [0.15, 0.2) is 0 Å². The lowest BCUT2D eigenvalue weighted by Crippen LogP contribution is -2.20. The van der Waals surface area contributed by atoms with E-state index in [4.69, 9.17) is 0 Å². The summed E-state index contributed by atoms with van der Waals surface area (Å²) in [5.74, 6) is -0.489. The zero-order valence-corrected chi connectivity index (χ0v) is 15.4. The molecule has 0 aliphatic heterocycles. The van der Waals surface area contributed by atoms with E-state index in [1.165, 1.54) is 23.0 Å². The molecule has 0 saturated heterocycles. The van der Waals surface area contributed by atoms with Crippen molar-refractivity contribution in [3.05, 3.63) is 57.0 Å². The Bertz CT molecular complexity index is 1050. The highest BCUT2D eigenvalue weighted by Gasteiger charge is 2.30. The normalized spacial score (nSPS) is 11.7. The lowest BCUT2D eigenvalue weighted by molar-refractivity contribution is -0.137. The zero-order chi connectivity index (χ0) is 19.8. The second kappa shape index (κ2) is 7.15. The number of halogens is 3. The molecule has 0 spiro atoms. The van der Waals surface area contributed by atoms with Crippen LogP contribution in [0.5, 0.6) is 0 Å². The summed E-state index contributed by atoms with van der Waals surface area (Å²) in [5, 5.41) is 2.96. The maximum absolute atomic E-state index is 12.6. The molecule has 1 aromatic carbocycles. The Hall–Kier alpha value is -2.68. The number of aromatic nitrogens is 2. The number of nitrogens with zero attached hydrogens (tertiary/aromatic N) is 2. The summed E-state index contributed by atoms with van der Waals surface area (Å²) >= 11 is 1.08. The van der Waals surface area contributed by atoms with Crippen LogP contribution in [0.3, 0.4) is 0 Å². The second-order valence-corrected chi connectivity index (χ2v) is 7.01. The molecule has 0 atom stereocenters. The van der Waals surface area contributed by atoms with Gasteiger partial charge < -0.3 is 5.32 Å². The number of carbonyl (C=O) groups excluding carboxylic acids is 1. The summed E-state index contributed by atoms with van der Waals surface area (Å²) in [7, 11) is 0. The molecule has 142 valence electrons. The van der Waals surface area contributed by atoms with Gasteiger partial charge in [-0.25, -0.2) is 4.98 Å². The minimum Gasteiger partial charge on any atom is -0.321 e. The number of nitrogens with one attached hydrogen (secondary N) is 1. The third-order valence-electron chi connectivity index (χ3n) is 4.06. The minimum atomic E-state index is -4.44. The third-order valence-corrected chi connectivity index (χ3v) is 5.26. The Morgan fingerprint density at radius 1 is 1.26 bits per heavy atom.